The van der Waals surface area contributed by atoms with Gasteiger partial charge in [0.05, 0.1) is 20.2 Å². The van der Waals surface area contributed by atoms with Crippen LogP contribution in [0.1, 0.15) is 29.3 Å². The molecule has 0 bridgehead atoms. The van der Waals surface area contributed by atoms with E-state index in [1.807, 2.05) is 35.6 Å². The summed E-state index contributed by atoms with van der Waals surface area (Å²) in [4.78, 5) is 15.4. The summed E-state index contributed by atoms with van der Waals surface area (Å²) in [5, 5.41) is 5.22. The smallest absolute Gasteiger partial charge is 0.275 e. The molecule has 6 heteroatoms. The van der Waals surface area contributed by atoms with Crippen LogP contribution in [0.3, 0.4) is 0 Å². The number of carbonyl (C=O) groups is 1. The Balaban J connectivity index is 1.26. The molecular weight excluding hydrogens is 360 g/mol. The van der Waals surface area contributed by atoms with Crippen LogP contribution in [0.25, 0.3) is 0 Å². The van der Waals surface area contributed by atoms with E-state index in [2.05, 4.69) is 16.8 Å². The number of thiophene rings is 1. The van der Waals surface area contributed by atoms with Gasteiger partial charge in [0.1, 0.15) is 12.6 Å². The highest BCUT2D eigenvalue weighted by molar-refractivity contribution is 7.10. The summed E-state index contributed by atoms with van der Waals surface area (Å²) in [6.45, 7) is 2.54. The van der Waals surface area contributed by atoms with Gasteiger partial charge in [-0.15, -0.1) is 11.3 Å². The van der Waals surface area contributed by atoms with Crippen molar-refractivity contribution in [2.45, 2.75) is 25.3 Å². The number of benzene rings is 1. The minimum absolute atomic E-state index is 0.109. The van der Waals surface area contributed by atoms with Crippen molar-refractivity contribution in [1.29, 1.82) is 0 Å². The molecule has 2 atom stereocenters. The predicted octanol–water partition coefficient (Wildman–Crippen LogP) is 1.84. The average Bonchev–Trinajstić information content (AvgIpc) is 3.41. The molecule has 0 spiro atoms. The van der Waals surface area contributed by atoms with E-state index in [0.717, 1.165) is 18.9 Å². The number of quaternary nitrogens is 1. The summed E-state index contributed by atoms with van der Waals surface area (Å²) in [6, 6.07) is 10.3. The highest BCUT2D eigenvalue weighted by Gasteiger charge is 2.43. The van der Waals surface area contributed by atoms with Crippen molar-refractivity contribution in [1.82, 2.24) is 5.32 Å². The van der Waals surface area contributed by atoms with Gasteiger partial charge in [0.2, 0.25) is 0 Å². The van der Waals surface area contributed by atoms with Crippen molar-refractivity contribution in [3.05, 3.63) is 46.2 Å². The monoisotopic (exact) mass is 387 g/mol. The molecule has 4 rings (SSSR count). The van der Waals surface area contributed by atoms with Crippen molar-refractivity contribution in [3.63, 3.8) is 0 Å². The topological polar surface area (TPSA) is 52.0 Å². The van der Waals surface area contributed by atoms with E-state index in [0.29, 0.717) is 37.2 Å². The zero-order valence-corrected chi connectivity index (χ0v) is 16.5. The number of hydrogen-bond acceptors (Lipinski definition) is 4. The van der Waals surface area contributed by atoms with Gasteiger partial charge in [-0.25, -0.2) is 0 Å². The van der Waals surface area contributed by atoms with Gasteiger partial charge in [-0.3, -0.25) is 4.79 Å². The summed E-state index contributed by atoms with van der Waals surface area (Å²) in [5.41, 5.74) is 1.50. The molecule has 1 aromatic heterocycles. The van der Waals surface area contributed by atoms with E-state index in [9.17, 15) is 4.79 Å². The number of methoxy groups -OCH3 is 1. The van der Waals surface area contributed by atoms with Crippen molar-refractivity contribution >= 4 is 17.2 Å². The molecule has 1 aliphatic carbocycles. The highest BCUT2D eigenvalue weighted by atomic mass is 32.1. The Labute approximate surface area is 164 Å². The van der Waals surface area contributed by atoms with Crippen LogP contribution in [-0.2, 0) is 11.2 Å². The predicted molar refractivity (Wildman–Crippen MR) is 106 cm³/mol. The zero-order valence-electron chi connectivity index (χ0n) is 15.7. The van der Waals surface area contributed by atoms with E-state index >= 15 is 0 Å². The van der Waals surface area contributed by atoms with Crippen molar-refractivity contribution in [3.8, 4) is 11.5 Å². The molecule has 2 heterocycles. The lowest BCUT2D eigenvalue weighted by Gasteiger charge is -2.32. The maximum Gasteiger partial charge on any atom is 0.275 e. The maximum atomic E-state index is 12.5. The number of hydrogen-bond donors (Lipinski definition) is 2. The SMILES string of the molecule is COc1ccccc1OCCNC(=O)C[NH+]1CCc2sccc2[C@H]1C1CC1. The van der Waals surface area contributed by atoms with Crippen LogP contribution in [0, 0.1) is 5.92 Å². The Morgan fingerprint density at radius 3 is 2.85 bits per heavy atom. The molecule has 1 fully saturated rings. The third kappa shape index (κ3) is 4.28. The molecule has 2 aliphatic rings. The lowest BCUT2D eigenvalue weighted by atomic mass is 9.96. The van der Waals surface area contributed by atoms with E-state index in [1.165, 1.54) is 28.2 Å². The van der Waals surface area contributed by atoms with Crippen molar-refractivity contribution in [2.75, 3.05) is 33.4 Å². The van der Waals surface area contributed by atoms with Gasteiger partial charge in [0.25, 0.3) is 5.91 Å². The standard InChI is InChI=1S/C21H26N2O3S/c1-25-17-4-2-3-5-18(17)26-12-10-22-20(24)14-23-11-8-19-16(9-13-27-19)21(23)15-6-7-15/h2-5,9,13,15,21H,6-8,10-12,14H2,1H3,(H,22,24)/p+1/t21-/m1/s1. The number of fused-ring (bicyclic) bond motifs is 1. The van der Waals surface area contributed by atoms with Gasteiger partial charge in [0.15, 0.2) is 18.0 Å². The van der Waals surface area contributed by atoms with Gasteiger partial charge >= 0.3 is 0 Å². The minimum Gasteiger partial charge on any atom is -0.493 e. The molecule has 1 unspecified atom stereocenters. The fraction of sp³-hybridized carbons (Fsp3) is 0.476. The van der Waals surface area contributed by atoms with Crippen molar-refractivity contribution < 1.29 is 19.2 Å². The minimum atomic E-state index is 0.109. The van der Waals surface area contributed by atoms with E-state index in [-0.39, 0.29) is 5.91 Å². The van der Waals surface area contributed by atoms with E-state index in [1.54, 1.807) is 7.11 Å². The summed E-state index contributed by atoms with van der Waals surface area (Å²) < 4.78 is 11.0. The first-order valence-corrected chi connectivity index (χ1v) is 10.6. The van der Waals surface area contributed by atoms with E-state index in [4.69, 9.17) is 9.47 Å². The second-order valence-electron chi connectivity index (χ2n) is 7.30. The molecular formula is C21H27N2O3S+. The van der Waals surface area contributed by atoms with Gasteiger partial charge in [0, 0.05) is 22.8 Å². The molecule has 1 aromatic carbocycles. The average molecular weight is 388 g/mol. The Morgan fingerprint density at radius 2 is 2.07 bits per heavy atom. The molecule has 1 saturated carbocycles. The van der Waals surface area contributed by atoms with Gasteiger partial charge < -0.3 is 19.7 Å². The van der Waals surface area contributed by atoms with Crippen LogP contribution in [0.2, 0.25) is 0 Å². The first kappa shape index (κ1) is 18.3. The van der Waals surface area contributed by atoms with Gasteiger partial charge in [-0.1, -0.05) is 12.1 Å². The van der Waals surface area contributed by atoms with Crippen LogP contribution in [0.5, 0.6) is 11.5 Å². The number of carbonyl (C=O) groups excluding carboxylic acids is 1. The number of ether oxygens (including phenoxy) is 2. The second-order valence-corrected chi connectivity index (χ2v) is 8.30. The third-order valence-electron chi connectivity index (χ3n) is 5.46. The fourth-order valence-corrected chi connectivity index (χ4v) is 4.98. The number of nitrogens with one attached hydrogen (secondary N) is 2. The van der Waals surface area contributed by atoms with E-state index < -0.39 is 0 Å². The molecule has 1 aliphatic heterocycles. The first-order valence-electron chi connectivity index (χ1n) is 9.69. The highest BCUT2D eigenvalue weighted by Crippen LogP contribution is 2.42. The third-order valence-corrected chi connectivity index (χ3v) is 6.46. The van der Waals surface area contributed by atoms with Crippen LogP contribution < -0.4 is 19.7 Å². The molecule has 0 saturated heterocycles. The van der Waals surface area contributed by atoms with Crippen molar-refractivity contribution in [2.24, 2.45) is 5.92 Å². The van der Waals surface area contributed by atoms with Gasteiger partial charge in [-0.2, -0.15) is 0 Å². The summed E-state index contributed by atoms with van der Waals surface area (Å²) in [7, 11) is 1.63. The van der Waals surface area contributed by atoms with Gasteiger partial charge in [-0.05, 0) is 36.4 Å². The Hall–Kier alpha value is -2.05. The van der Waals surface area contributed by atoms with Crippen LogP contribution >= 0.6 is 11.3 Å². The molecule has 1 amide bonds. The molecule has 2 N–H and O–H groups in total. The normalized spacial score (nSPS) is 21.4. The number of amides is 1. The first-order chi connectivity index (χ1) is 13.3. The van der Waals surface area contributed by atoms with Crippen LogP contribution in [0.15, 0.2) is 35.7 Å². The maximum absolute atomic E-state index is 12.5. The molecule has 0 radical (unpaired) electrons. The second kappa shape index (κ2) is 8.31. The molecule has 5 nitrogen and oxygen atoms in total. The summed E-state index contributed by atoms with van der Waals surface area (Å²) in [5.74, 6) is 2.28. The zero-order chi connectivity index (χ0) is 18.6. The largest absolute Gasteiger partial charge is 0.493 e. The molecule has 2 aromatic rings. The quantitative estimate of drug-likeness (QED) is 0.680. The van der Waals surface area contributed by atoms with Crippen LogP contribution in [-0.4, -0.2) is 39.3 Å². The fourth-order valence-electron chi connectivity index (χ4n) is 4.05. The lowest BCUT2D eigenvalue weighted by molar-refractivity contribution is -0.928. The lowest BCUT2D eigenvalue weighted by Crippen LogP contribution is -3.14. The summed E-state index contributed by atoms with van der Waals surface area (Å²) in [6.07, 6.45) is 3.70. The molecule has 27 heavy (non-hydrogen) atoms. The summed E-state index contributed by atoms with van der Waals surface area (Å²) >= 11 is 1.87. The van der Waals surface area contributed by atoms with Crippen LogP contribution in [0.4, 0.5) is 0 Å². The number of rotatable bonds is 8. The molecule has 144 valence electrons. The Morgan fingerprint density at radius 1 is 1.26 bits per heavy atom. The Kier molecular flexibility index (Phi) is 5.64. The number of para-hydroxylation sites is 2. The Bertz CT molecular complexity index is 787.